The van der Waals surface area contributed by atoms with Gasteiger partial charge in [0.15, 0.2) is 5.75 Å². The number of benzene rings is 3. The molecule has 41 heavy (non-hydrogen) atoms. The Kier molecular flexibility index (Phi) is 10.2. The fourth-order valence-corrected chi connectivity index (χ4v) is 6.80. The molecule has 231 valence electrons. The van der Waals surface area contributed by atoms with Crippen molar-refractivity contribution in [1.82, 2.24) is 4.31 Å². The van der Waals surface area contributed by atoms with Crippen molar-refractivity contribution in [2.24, 2.45) is 10.2 Å². The van der Waals surface area contributed by atoms with Gasteiger partial charge in [0.2, 0.25) is 10.0 Å². The Morgan fingerprint density at radius 1 is 0.829 bits per heavy atom. The van der Waals surface area contributed by atoms with Crippen molar-refractivity contribution in [2.75, 3.05) is 19.3 Å². The van der Waals surface area contributed by atoms with Gasteiger partial charge < -0.3 is 23.9 Å². The van der Waals surface area contributed by atoms with Crippen molar-refractivity contribution >= 4 is 63.3 Å². The minimum absolute atomic E-state index is 0. The Morgan fingerprint density at radius 2 is 1.44 bits per heavy atom. The molecule has 0 aliphatic heterocycles. The Balaban J connectivity index is 0.00000588. The van der Waals surface area contributed by atoms with E-state index < -0.39 is 96.4 Å². The molecular formula is C20H23CuN3O13S4. The van der Waals surface area contributed by atoms with Gasteiger partial charge in [-0.3, -0.25) is 9.11 Å². The van der Waals surface area contributed by atoms with Crippen LogP contribution in [0.5, 0.6) is 11.5 Å². The molecule has 0 amide bonds. The van der Waals surface area contributed by atoms with Gasteiger partial charge in [-0.1, -0.05) is 6.07 Å². The minimum atomic E-state index is -5.11. The predicted molar refractivity (Wildman–Crippen MR) is 142 cm³/mol. The van der Waals surface area contributed by atoms with Crippen LogP contribution in [0.15, 0.2) is 61.3 Å². The molecule has 21 heteroatoms. The summed E-state index contributed by atoms with van der Waals surface area (Å²) < 4.78 is 121. The van der Waals surface area contributed by atoms with Crippen LogP contribution in [-0.2, 0) is 47.3 Å². The SMILES string of the molecule is Cc1cc(S(O)(O)O)c2c(O)c(N=Nc3cc(S(=O)(=O)N(C)CCS(=O)(=O)O)ccc3O)c(S(=O)(=O)O)cc2c1.[Cu]. The maximum absolute atomic E-state index is 12.8. The third-order valence-electron chi connectivity index (χ3n) is 5.41. The second-order valence-electron chi connectivity index (χ2n) is 8.39. The van der Waals surface area contributed by atoms with Crippen LogP contribution in [0.1, 0.15) is 5.56 Å². The molecule has 0 spiro atoms. The maximum atomic E-state index is 12.8. The summed E-state index contributed by atoms with van der Waals surface area (Å²) in [5.74, 6) is -2.64. The summed E-state index contributed by atoms with van der Waals surface area (Å²) in [5, 5.41) is 27.6. The van der Waals surface area contributed by atoms with Gasteiger partial charge in [-0.15, -0.1) is 10.2 Å². The summed E-state index contributed by atoms with van der Waals surface area (Å²) in [6.07, 6.45) is 0. The molecule has 3 aromatic rings. The van der Waals surface area contributed by atoms with Crippen molar-refractivity contribution in [3.05, 3.63) is 42.0 Å². The Hall–Kier alpha value is -2.40. The quantitative estimate of drug-likeness (QED) is 0.0958. The zero-order valence-electron chi connectivity index (χ0n) is 20.7. The van der Waals surface area contributed by atoms with Crippen LogP contribution in [0.4, 0.5) is 11.4 Å². The van der Waals surface area contributed by atoms with Crippen LogP contribution in [0.2, 0.25) is 0 Å². The van der Waals surface area contributed by atoms with Gasteiger partial charge in [-0.05, 0) is 48.2 Å². The molecule has 3 rings (SSSR count). The standard InChI is InChI=1S/C20H23N3O13S4.Cu/c1-11-7-12-9-17(40(34,35)36)19(20(25)18(12)16(8-11)39(31,32)33)22-21-14-10-13(3-4-15(14)24)38(29,30)23(2)5-6-37(26,27)28;/h3-4,7-10,24-25,31-33H,5-6H2,1-2H3,(H,26,27,28)(H,34,35,36);. The zero-order chi connectivity index (χ0) is 30.4. The molecule has 0 heterocycles. The van der Waals surface area contributed by atoms with Gasteiger partial charge in [0.05, 0.1) is 15.5 Å². The molecule has 0 bridgehead atoms. The molecule has 0 unspecified atom stereocenters. The van der Waals surface area contributed by atoms with Gasteiger partial charge in [0.1, 0.15) is 32.9 Å². The smallest absolute Gasteiger partial charge is 0.296 e. The van der Waals surface area contributed by atoms with Gasteiger partial charge in [-0.25, -0.2) is 8.42 Å². The molecule has 0 fully saturated rings. The number of fused-ring (bicyclic) bond motifs is 1. The Bertz CT molecular complexity index is 1860. The van der Waals surface area contributed by atoms with E-state index in [-0.39, 0.29) is 22.5 Å². The van der Waals surface area contributed by atoms with Gasteiger partial charge in [0.25, 0.3) is 20.2 Å². The number of aryl methyl sites for hydroxylation is 1. The fraction of sp³-hybridized carbons (Fsp3) is 0.200. The maximum Gasteiger partial charge on any atom is 0.296 e. The molecule has 0 aliphatic carbocycles. The van der Waals surface area contributed by atoms with E-state index in [1.807, 2.05) is 0 Å². The first-order valence-electron chi connectivity index (χ1n) is 10.6. The molecule has 1 radical (unpaired) electrons. The number of hydrogen-bond donors (Lipinski definition) is 7. The van der Waals surface area contributed by atoms with E-state index in [1.165, 1.54) is 13.0 Å². The monoisotopic (exact) mass is 704 g/mol. The number of phenolic OH excluding ortho intramolecular Hbond substituents is 2. The van der Waals surface area contributed by atoms with Crippen molar-refractivity contribution in [2.45, 2.75) is 21.6 Å². The second-order valence-corrected chi connectivity index (χ2v) is 14.9. The third-order valence-corrected chi connectivity index (χ3v) is 9.74. The van der Waals surface area contributed by atoms with Gasteiger partial charge in [0, 0.05) is 36.0 Å². The third kappa shape index (κ3) is 7.91. The van der Waals surface area contributed by atoms with Crippen LogP contribution in [-0.4, -0.2) is 81.9 Å². The summed E-state index contributed by atoms with van der Waals surface area (Å²) in [5.41, 5.74) is -1.22. The van der Waals surface area contributed by atoms with Gasteiger partial charge in [-0.2, -0.15) is 21.1 Å². The van der Waals surface area contributed by atoms with E-state index in [4.69, 9.17) is 4.55 Å². The number of nitrogens with zero attached hydrogens (tertiary/aromatic N) is 3. The van der Waals surface area contributed by atoms with E-state index in [9.17, 15) is 53.7 Å². The first-order chi connectivity index (χ1) is 18.1. The van der Waals surface area contributed by atoms with E-state index in [1.54, 1.807) is 0 Å². The number of hydrogen-bond acceptors (Lipinski definition) is 13. The molecule has 0 aromatic heterocycles. The van der Waals surface area contributed by atoms with E-state index in [0.717, 1.165) is 37.4 Å². The largest absolute Gasteiger partial charge is 0.506 e. The molecule has 0 atom stereocenters. The molecule has 0 saturated carbocycles. The summed E-state index contributed by atoms with van der Waals surface area (Å²) in [4.78, 5) is -2.12. The summed E-state index contributed by atoms with van der Waals surface area (Å²) in [6.45, 7) is 0.837. The first kappa shape index (κ1) is 34.8. The first-order valence-corrected chi connectivity index (χ1v) is 16.6. The Morgan fingerprint density at radius 3 is 1.98 bits per heavy atom. The average Bonchev–Trinajstić information content (AvgIpc) is 2.80. The van der Waals surface area contributed by atoms with E-state index >= 15 is 0 Å². The topological polar surface area (TPSA) is 272 Å². The fourth-order valence-electron chi connectivity index (χ4n) is 3.49. The number of sulfonamides is 1. The minimum Gasteiger partial charge on any atom is -0.506 e. The summed E-state index contributed by atoms with van der Waals surface area (Å²) in [6, 6.07) is 5.81. The van der Waals surface area contributed by atoms with Crippen molar-refractivity contribution in [3.63, 3.8) is 0 Å². The average molecular weight is 705 g/mol. The summed E-state index contributed by atoms with van der Waals surface area (Å²) >= 11 is 0. The molecule has 0 saturated heterocycles. The van der Waals surface area contributed by atoms with Crippen LogP contribution in [0.25, 0.3) is 10.8 Å². The Labute approximate surface area is 246 Å². The molecule has 7 N–H and O–H groups in total. The van der Waals surface area contributed by atoms with Crippen LogP contribution >= 0.6 is 10.9 Å². The molecular weight excluding hydrogens is 682 g/mol. The van der Waals surface area contributed by atoms with Crippen LogP contribution < -0.4 is 0 Å². The number of aromatic hydroxyl groups is 2. The summed E-state index contributed by atoms with van der Waals surface area (Å²) in [7, 11) is -17.4. The number of phenols is 2. The van der Waals surface area contributed by atoms with Crippen molar-refractivity contribution < 1.29 is 75.3 Å². The van der Waals surface area contributed by atoms with E-state index in [2.05, 4.69) is 10.2 Å². The van der Waals surface area contributed by atoms with Crippen LogP contribution in [0, 0.1) is 6.92 Å². The predicted octanol–water partition coefficient (Wildman–Crippen LogP) is 3.31. The number of rotatable bonds is 9. The van der Waals surface area contributed by atoms with Crippen LogP contribution in [0.3, 0.4) is 0 Å². The molecule has 0 aliphatic rings. The normalized spacial score (nSPS) is 13.6. The molecule has 16 nitrogen and oxygen atoms in total. The number of azo groups is 1. The van der Waals surface area contributed by atoms with Gasteiger partial charge >= 0.3 is 0 Å². The molecule has 3 aromatic carbocycles. The zero-order valence-corrected chi connectivity index (χ0v) is 24.9. The van der Waals surface area contributed by atoms with E-state index in [0.29, 0.717) is 9.87 Å². The van der Waals surface area contributed by atoms with Crippen molar-refractivity contribution in [1.29, 1.82) is 0 Å². The van der Waals surface area contributed by atoms with Crippen molar-refractivity contribution in [3.8, 4) is 11.5 Å². The second kappa shape index (κ2) is 12.1.